The molecule has 1 atom stereocenters. The largest absolute Gasteiger partial charge is 0.368 e. The zero-order valence-corrected chi connectivity index (χ0v) is 23.7. The molecule has 38 heavy (non-hydrogen) atoms. The van der Waals surface area contributed by atoms with Crippen molar-refractivity contribution in [3.63, 3.8) is 0 Å². The minimum atomic E-state index is -0.430. The van der Waals surface area contributed by atoms with E-state index in [1.807, 2.05) is 30.1 Å². The molecule has 6 heteroatoms. The van der Waals surface area contributed by atoms with E-state index in [4.69, 9.17) is 4.74 Å². The fourth-order valence-corrected chi connectivity index (χ4v) is 4.90. The van der Waals surface area contributed by atoms with Gasteiger partial charge in [0.2, 0.25) is 0 Å². The first kappa shape index (κ1) is 29.7. The van der Waals surface area contributed by atoms with Gasteiger partial charge in [0.05, 0.1) is 0 Å². The summed E-state index contributed by atoms with van der Waals surface area (Å²) in [6.07, 6.45) is 10.3. The molecule has 1 heterocycles. The van der Waals surface area contributed by atoms with Gasteiger partial charge in [0, 0.05) is 45.4 Å². The van der Waals surface area contributed by atoms with Gasteiger partial charge in [-0.1, -0.05) is 75.9 Å². The number of ether oxygens (including phenoxy) is 1. The van der Waals surface area contributed by atoms with E-state index < -0.39 is 6.10 Å². The number of urea groups is 1. The predicted octanol–water partition coefficient (Wildman–Crippen LogP) is 6.82. The van der Waals surface area contributed by atoms with Crippen molar-refractivity contribution in [1.82, 2.24) is 10.2 Å². The molecule has 0 bridgehead atoms. The van der Waals surface area contributed by atoms with Crippen LogP contribution < -0.4 is 10.2 Å². The highest BCUT2D eigenvalue weighted by Crippen LogP contribution is 2.25. The summed E-state index contributed by atoms with van der Waals surface area (Å²) >= 11 is 0. The van der Waals surface area contributed by atoms with E-state index in [9.17, 15) is 9.59 Å². The number of hydrogen-bond donors (Lipinski definition) is 1. The maximum atomic E-state index is 13.1. The minimum Gasteiger partial charge on any atom is -0.368 e. The van der Waals surface area contributed by atoms with Crippen LogP contribution >= 0.6 is 0 Å². The Balaban J connectivity index is 1.60. The second-order valence-electron chi connectivity index (χ2n) is 10.4. The van der Waals surface area contributed by atoms with E-state index in [0.29, 0.717) is 19.6 Å². The van der Waals surface area contributed by atoms with E-state index in [-0.39, 0.29) is 11.9 Å². The van der Waals surface area contributed by atoms with Crippen molar-refractivity contribution >= 4 is 17.6 Å². The number of nitrogens with zero attached hydrogens (tertiary/aromatic N) is 2. The third-order valence-corrected chi connectivity index (χ3v) is 7.27. The quantitative estimate of drug-likeness (QED) is 0.278. The summed E-state index contributed by atoms with van der Waals surface area (Å²) in [6, 6.07) is 16.3. The normalized spacial score (nSPS) is 14.2. The zero-order chi connectivity index (χ0) is 27.2. The van der Waals surface area contributed by atoms with Gasteiger partial charge in [-0.25, -0.2) is 4.79 Å². The zero-order valence-electron chi connectivity index (χ0n) is 23.7. The molecule has 3 rings (SSSR count). The molecule has 0 aliphatic carbocycles. The van der Waals surface area contributed by atoms with Crippen LogP contribution in [0.2, 0.25) is 0 Å². The first-order chi connectivity index (χ1) is 18.5. The monoisotopic (exact) mass is 521 g/mol. The average Bonchev–Trinajstić information content (AvgIpc) is 2.97. The summed E-state index contributed by atoms with van der Waals surface area (Å²) < 4.78 is 6.01. The predicted molar refractivity (Wildman–Crippen MR) is 157 cm³/mol. The Bertz CT molecular complexity index is 986. The number of likely N-dealkylation sites (tertiary alicyclic amines) is 1. The third-order valence-electron chi connectivity index (χ3n) is 7.27. The summed E-state index contributed by atoms with van der Waals surface area (Å²) in [6.45, 7) is 7.25. The molecule has 1 fully saturated rings. The van der Waals surface area contributed by atoms with Crippen LogP contribution in [0.25, 0.3) is 11.1 Å². The van der Waals surface area contributed by atoms with Crippen LogP contribution in [0.5, 0.6) is 0 Å². The number of unbranched alkanes of at least 4 members (excludes halogenated alkanes) is 4. The Kier molecular flexibility index (Phi) is 12.6. The molecule has 0 spiro atoms. The number of carbonyl (C=O) groups excluding carboxylic acids is 2. The molecule has 208 valence electrons. The second-order valence-corrected chi connectivity index (χ2v) is 10.4. The van der Waals surface area contributed by atoms with Crippen molar-refractivity contribution in [3.8, 4) is 11.1 Å². The highest BCUT2D eigenvalue weighted by Gasteiger charge is 2.26. The lowest BCUT2D eigenvalue weighted by Crippen LogP contribution is -2.44. The topological polar surface area (TPSA) is 61.9 Å². The van der Waals surface area contributed by atoms with E-state index >= 15 is 0 Å². The second kappa shape index (κ2) is 16.2. The number of rotatable bonds is 14. The average molecular weight is 522 g/mol. The Morgan fingerprint density at radius 2 is 1.66 bits per heavy atom. The maximum absolute atomic E-state index is 13.1. The van der Waals surface area contributed by atoms with Gasteiger partial charge < -0.3 is 15.0 Å². The van der Waals surface area contributed by atoms with Gasteiger partial charge in [-0.05, 0) is 60.9 Å². The number of benzene rings is 2. The van der Waals surface area contributed by atoms with Crippen molar-refractivity contribution in [2.75, 3.05) is 38.2 Å². The Labute approximate surface area is 229 Å². The fraction of sp³-hybridized carbons (Fsp3) is 0.562. The molecule has 1 unspecified atom stereocenters. The molecule has 1 saturated heterocycles. The van der Waals surface area contributed by atoms with E-state index in [1.54, 1.807) is 4.90 Å². The summed E-state index contributed by atoms with van der Waals surface area (Å²) in [7, 11) is 1.81. The Hall–Kier alpha value is -2.86. The van der Waals surface area contributed by atoms with Crippen LogP contribution in [0, 0.1) is 0 Å². The molecule has 2 aromatic rings. The molecule has 0 aromatic heterocycles. The van der Waals surface area contributed by atoms with Crippen LogP contribution in [0.1, 0.15) is 77.2 Å². The van der Waals surface area contributed by atoms with Gasteiger partial charge in [0.15, 0.2) is 0 Å². The Morgan fingerprint density at radius 1 is 0.921 bits per heavy atom. The van der Waals surface area contributed by atoms with Crippen LogP contribution in [0.4, 0.5) is 10.5 Å². The number of nitrogens with one attached hydrogen (secondary N) is 1. The lowest BCUT2D eigenvalue weighted by Gasteiger charge is -2.30. The summed E-state index contributed by atoms with van der Waals surface area (Å²) in [4.78, 5) is 29.4. The van der Waals surface area contributed by atoms with Gasteiger partial charge in [-0.15, -0.1) is 0 Å². The minimum absolute atomic E-state index is 0.0792. The summed E-state index contributed by atoms with van der Waals surface area (Å²) in [5, 5.41) is 3.03. The van der Waals surface area contributed by atoms with Crippen LogP contribution in [-0.2, 0) is 16.0 Å². The van der Waals surface area contributed by atoms with Crippen molar-refractivity contribution in [2.24, 2.45) is 0 Å². The van der Waals surface area contributed by atoms with E-state index in [0.717, 1.165) is 67.6 Å². The van der Waals surface area contributed by atoms with Gasteiger partial charge >= 0.3 is 6.03 Å². The van der Waals surface area contributed by atoms with E-state index in [2.05, 4.69) is 49.5 Å². The molecule has 0 radical (unpaired) electrons. The third kappa shape index (κ3) is 9.16. The molecular formula is C32H47N3O3. The molecule has 3 amide bonds. The van der Waals surface area contributed by atoms with Crippen molar-refractivity contribution in [3.05, 3.63) is 54.1 Å². The van der Waals surface area contributed by atoms with Gasteiger partial charge in [0.25, 0.3) is 5.91 Å². The standard InChI is InChI=1S/C32H47N3O3/c1-4-6-7-8-10-20-33-32(37)34(3)29-15-13-14-28(25-29)27-18-16-26(17-19-27)24-30(38-23-5-2)31(36)35-21-11-9-12-22-35/h13-19,25,30H,4-12,20-24H2,1-3H3,(H,33,37). The SMILES string of the molecule is CCCCCCCNC(=O)N(C)c1cccc(-c2ccc(CC(OCCC)C(=O)N3CCCCC3)cc2)c1. The molecular weight excluding hydrogens is 474 g/mol. The van der Waals surface area contributed by atoms with Crippen LogP contribution in [0.15, 0.2) is 48.5 Å². The van der Waals surface area contributed by atoms with Crippen molar-refractivity contribution < 1.29 is 14.3 Å². The summed E-state index contributed by atoms with van der Waals surface area (Å²) in [5.41, 5.74) is 4.08. The number of amides is 3. The molecule has 6 nitrogen and oxygen atoms in total. The van der Waals surface area contributed by atoms with Crippen molar-refractivity contribution in [2.45, 2.75) is 84.2 Å². The number of piperidine rings is 1. The van der Waals surface area contributed by atoms with Gasteiger partial charge in [-0.3, -0.25) is 9.69 Å². The lowest BCUT2D eigenvalue weighted by atomic mass is 10.00. The molecule has 1 aliphatic heterocycles. The molecule has 2 aromatic carbocycles. The van der Waals surface area contributed by atoms with Crippen molar-refractivity contribution in [1.29, 1.82) is 0 Å². The number of hydrogen-bond acceptors (Lipinski definition) is 3. The molecule has 1 N–H and O–H groups in total. The molecule has 1 aliphatic rings. The first-order valence-corrected chi connectivity index (χ1v) is 14.6. The van der Waals surface area contributed by atoms with E-state index in [1.165, 1.54) is 25.7 Å². The van der Waals surface area contributed by atoms with Gasteiger partial charge in [0.1, 0.15) is 6.10 Å². The first-order valence-electron chi connectivity index (χ1n) is 14.6. The van der Waals surface area contributed by atoms with Gasteiger partial charge in [-0.2, -0.15) is 0 Å². The highest BCUT2D eigenvalue weighted by atomic mass is 16.5. The van der Waals surface area contributed by atoms with Crippen LogP contribution in [0.3, 0.4) is 0 Å². The fourth-order valence-electron chi connectivity index (χ4n) is 4.90. The maximum Gasteiger partial charge on any atom is 0.321 e. The molecule has 0 saturated carbocycles. The van der Waals surface area contributed by atoms with Crippen LogP contribution in [-0.4, -0.2) is 56.2 Å². The lowest BCUT2D eigenvalue weighted by molar-refractivity contribution is -0.144. The highest BCUT2D eigenvalue weighted by molar-refractivity contribution is 5.92. The Morgan fingerprint density at radius 3 is 2.37 bits per heavy atom. The number of carbonyl (C=O) groups is 2. The smallest absolute Gasteiger partial charge is 0.321 e. The number of anilines is 1. The summed E-state index contributed by atoms with van der Waals surface area (Å²) in [5.74, 6) is 0.122.